The third kappa shape index (κ3) is 3.25. The average molecular weight is 255 g/mol. The summed E-state index contributed by atoms with van der Waals surface area (Å²) in [5.74, 6) is 0.0669. The lowest BCUT2D eigenvalue weighted by atomic mass is 10.1. The summed E-state index contributed by atoms with van der Waals surface area (Å²) in [6.07, 6.45) is 7.37. The normalized spacial score (nSPS) is 18.1. The van der Waals surface area contributed by atoms with Crippen LogP contribution in [0.4, 0.5) is 0 Å². The van der Waals surface area contributed by atoms with Crippen molar-refractivity contribution in [1.82, 2.24) is 5.32 Å². The second kappa shape index (κ2) is 5.73. The van der Waals surface area contributed by atoms with Crippen LogP contribution in [0.1, 0.15) is 48.2 Å². The minimum absolute atomic E-state index is 0.0669. The summed E-state index contributed by atoms with van der Waals surface area (Å²) in [6.45, 7) is 0. The number of rotatable bonds is 2. The first-order valence-electron chi connectivity index (χ1n) is 5.84. The fourth-order valence-corrected chi connectivity index (χ4v) is 3.18. The molecule has 1 N–H and O–H groups in total. The van der Waals surface area contributed by atoms with Crippen LogP contribution in [-0.4, -0.2) is 11.9 Å². The van der Waals surface area contributed by atoms with E-state index in [1.165, 1.54) is 37.0 Å². The van der Waals surface area contributed by atoms with Crippen molar-refractivity contribution in [2.24, 2.45) is 0 Å². The Kier molecular flexibility index (Phi) is 4.29. The molecule has 0 aromatic carbocycles. The molecular weight excluding hydrogens is 238 g/mol. The van der Waals surface area contributed by atoms with Gasteiger partial charge in [0.25, 0.3) is 5.91 Å². The van der Waals surface area contributed by atoms with Gasteiger partial charge in [-0.2, -0.15) is 0 Å². The highest BCUT2D eigenvalue weighted by Crippen LogP contribution is 2.20. The van der Waals surface area contributed by atoms with E-state index in [4.69, 9.17) is 0 Å². The minimum atomic E-state index is 0.0669. The molecule has 1 aromatic heterocycles. The molecule has 1 aromatic rings. The molecule has 0 aliphatic heterocycles. The van der Waals surface area contributed by atoms with Crippen molar-refractivity contribution in [1.29, 1.82) is 0 Å². The molecular formula is C12H17NOS2. The average Bonchev–Trinajstić information content (AvgIpc) is 2.54. The van der Waals surface area contributed by atoms with Crippen LogP contribution < -0.4 is 5.32 Å². The molecule has 2 nitrogen and oxygen atoms in total. The first-order valence-corrected chi connectivity index (χ1v) is 7.17. The Labute approximate surface area is 106 Å². The second-order valence-electron chi connectivity index (χ2n) is 4.33. The summed E-state index contributed by atoms with van der Waals surface area (Å²) >= 11 is 5.68. The SMILES string of the molecule is O=C(NC1CCCCCC1)c1cc(S)cs1. The highest BCUT2D eigenvalue weighted by atomic mass is 32.1. The number of hydrogen-bond acceptors (Lipinski definition) is 3. The van der Waals surface area contributed by atoms with E-state index in [2.05, 4.69) is 17.9 Å². The van der Waals surface area contributed by atoms with Crippen LogP contribution in [0.5, 0.6) is 0 Å². The molecule has 1 aliphatic carbocycles. The summed E-state index contributed by atoms with van der Waals surface area (Å²) in [5, 5.41) is 5.02. The maximum absolute atomic E-state index is 11.9. The maximum Gasteiger partial charge on any atom is 0.261 e. The van der Waals surface area contributed by atoms with Crippen molar-refractivity contribution in [3.63, 3.8) is 0 Å². The molecule has 1 saturated carbocycles. The van der Waals surface area contributed by atoms with Crippen molar-refractivity contribution in [3.05, 3.63) is 16.3 Å². The predicted octanol–water partition coefficient (Wildman–Crippen LogP) is 3.49. The molecule has 1 fully saturated rings. The summed E-state index contributed by atoms with van der Waals surface area (Å²) in [7, 11) is 0. The predicted molar refractivity (Wildman–Crippen MR) is 70.5 cm³/mol. The van der Waals surface area contributed by atoms with Crippen LogP contribution in [-0.2, 0) is 0 Å². The number of thiol groups is 1. The Morgan fingerprint density at radius 2 is 2.00 bits per heavy atom. The van der Waals surface area contributed by atoms with Crippen molar-refractivity contribution in [3.8, 4) is 0 Å². The first-order chi connectivity index (χ1) is 7.75. The molecule has 1 aliphatic rings. The van der Waals surface area contributed by atoms with E-state index in [0.29, 0.717) is 6.04 Å². The Morgan fingerprint density at radius 1 is 1.31 bits per heavy atom. The van der Waals surface area contributed by atoms with E-state index in [0.717, 1.165) is 22.6 Å². The summed E-state index contributed by atoms with van der Waals surface area (Å²) in [6, 6.07) is 2.21. The quantitative estimate of drug-likeness (QED) is 0.615. The molecule has 0 unspecified atom stereocenters. The van der Waals surface area contributed by atoms with E-state index in [1.54, 1.807) is 0 Å². The molecule has 0 saturated heterocycles. The van der Waals surface area contributed by atoms with E-state index in [1.807, 2.05) is 11.4 Å². The van der Waals surface area contributed by atoms with Gasteiger partial charge in [-0.05, 0) is 18.9 Å². The van der Waals surface area contributed by atoms with Crippen LogP contribution in [0, 0.1) is 0 Å². The molecule has 88 valence electrons. The number of amides is 1. The number of carbonyl (C=O) groups excluding carboxylic acids is 1. The van der Waals surface area contributed by atoms with Crippen molar-refractivity contribution < 1.29 is 4.79 Å². The van der Waals surface area contributed by atoms with Crippen molar-refractivity contribution in [2.45, 2.75) is 49.5 Å². The lowest BCUT2D eigenvalue weighted by Gasteiger charge is -2.15. The molecule has 4 heteroatoms. The van der Waals surface area contributed by atoms with Gasteiger partial charge in [0.15, 0.2) is 0 Å². The maximum atomic E-state index is 11.9. The minimum Gasteiger partial charge on any atom is -0.349 e. The topological polar surface area (TPSA) is 29.1 Å². The molecule has 16 heavy (non-hydrogen) atoms. The summed E-state index contributed by atoms with van der Waals surface area (Å²) in [4.78, 5) is 13.5. The van der Waals surface area contributed by atoms with Crippen LogP contribution in [0.2, 0.25) is 0 Å². The summed E-state index contributed by atoms with van der Waals surface area (Å²) in [5.41, 5.74) is 0. The van der Waals surface area contributed by atoms with Crippen LogP contribution in [0.3, 0.4) is 0 Å². The van der Waals surface area contributed by atoms with Crippen molar-refractivity contribution in [2.75, 3.05) is 0 Å². The smallest absolute Gasteiger partial charge is 0.261 e. The van der Waals surface area contributed by atoms with E-state index in [9.17, 15) is 4.79 Å². The van der Waals surface area contributed by atoms with Gasteiger partial charge < -0.3 is 5.32 Å². The molecule has 0 spiro atoms. The number of nitrogens with one attached hydrogen (secondary N) is 1. The Morgan fingerprint density at radius 3 is 2.56 bits per heavy atom. The highest BCUT2D eigenvalue weighted by Gasteiger charge is 2.16. The number of thiophene rings is 1. The largest absolute Gasteiger partial charge is 0.349 e. The fourth-order valence-electron chi connectivity index (χ4n) is 2.13. The van der Waals surface area contributed by atoms with Gasteiger partial charge in [-0.3, -0.25) is 4.79 Å². The molecule has 1 amide bonds. The lowest BCUT2D eigenvalue weighted by Crippen LogP contribution is -2.33. The van der Waals surface area contributed by atoms with Gasteiger partial charge in [-0.15, -0.1) is 24.0 Å². The zero-order valence-electron chi connectivity index (χ0n) is 9.24. The van der Waals surface area contributed by atoms with E-state index >= 15 is 0 Å². The van der Waals surface area contributed by atoms with Crippen LogP contribution >= 0.6 is 24.0 Å². The van der Waals surface area contributed by atoms with Gasteiger partial charge in [0, 0.05) is 16.3 Å². The lowest BCUT2D eigenvalue weighted by molar-refractivity contribution is 0.0937. The van der Waals surface area contributed by atoms with Crippen LogP contribution in [0.25, 0.3) is 0 Å². The van der Waals surface area contributed by atoms with Gasteiger partial charge in [-0.25, -0.2) is 0 Å². The Bertz CT molecular complexity index is 354. The third-order valence-corrected chi connectivity index (χ3v) is 4.36. The third-order valence-electron chi connectivity index (χ3n) is 3.00. The number of carbonyl (C=O) groups is 1. The summed E-state index contributed by atoms with van der Waals surface area (Å²) < 4.78 is 0. The zero-order chi connectivity index (χ0) is 11.4. The second-order valence-corrected chi connectivity index (χ2v) is 5.76. The van der Waals surface area contributed by atoms with E-state index in [-0.39, 0.29) is 5.91 Å². The van der Waals surface area contributed by atoms with Crippen molar-refractivity contribution >= 4 is 29.9 Å². The molecule has 0 radical (unpaired) electrons. The number of hydrogen-bond donors (Lipinski definition) is 2. The van der Waals surface area contributed by atoms with Gasteiger partial charge in [-0.1, -0.05) is 25.7 Å². The van der Waals surface area contributed by atoms with Gasteiger partial charge in [0.1, 0.15) is 0 Å². The Balaban J connectivity index is 1.90. The standard InChI is InChI=1S/C12H17NOS2/c14-12(11-7-10(15)8-16-11)13-9-5-3-1-2-4-6-9/h7-9,15H,1-6H2,(H,13,14). The fraction of sp³-hybridized carbons (Fsp3) is 0.583. The highest BCUT2D eigenvalue weighted by molar-refractivity contribution is 7.80. The molecule has 2 rings (SSSR count). The Hall–Kier alpha value is -0.480. The molecule has 0 bridgehead atoms. The first kappa shape index (κ1) is 12.0. The zero-order valence-corrected chi connectivity index (χ0v) is 10.9. The van der Waals surface area contributed by atoms with E-state index < -0.39 is 0 Å². The van der Waals surface area contributed by atoms with Crippen LogP contribution in [0.15, 0.2) is 16.3 Å². The van der Waals surface area contributed by atoms with Gasteiger partial charge >= 0.3 is 0 Å². The van der Waals surface area contributed by atoms with Gasteiger partial charge in [0.05, 0.1) is 4.88 Å². The van der Waals surface area contributed by atoms with Gasteiger partial charge in [0.2, 0.25) is 0 Å². The molecule has 0 atom stereocenters. The molecule has 1 heterocycles. The monoisotopic (exact) mass is 255 g/mol.